The van der Waals surface area contributed by atoms with E-state index in [0.717, 1.165) is 0 Å². The molecule has 0 aliphatic heterocycles. The molecule has 1 amide bonds. The molecule has 1 saturated carbocycles. The molecule has 1 rings (SSSR count). The van der Waals surface area contributed by atoms with Crippen LogP contribution in [0.1, 0.15) is 33.6 Å². The highest BCUT2D eigenvalue weighted by molar-refractivity contribution is 5.81. The summed E-state index contributed by atoms with van der Waals surface area (Å²) in [5.74, 6) is 0.108. The van der Waals surface area contributed by atoms with Gasteiger partial charge in [-0.15, -0.1) is 0 Å². The van der Waals surface area contributed by atoms with E-state index in [0.29, 0.717) is 6.04 Å². The van der Waals surface area contributed by atoms with Gasteiger partial charge in [-0.3, -0.25) is 4.79 Å². The van der Waals surface area contributed by atoms with Crippen LogP contribution in [-0.4, -0.2) is 24.0 Å². The third kappa shape index (κ3) is 3.22. The van der Waals surface area contributed by atoms with Crippen LogP contribution in [0.4, 0.5) is 0 Å². The Labute approximate surface area is 73.9 Å². The maximum absolute atomic E-state index is 11.3. The predicted octanol–water partition coefficient (Wildman–Crippen LogP) is 0.651. The molecule has 3 heteroatoms. The molecular weight excluding hydrogens is 152 g/mol. The van der Waals surface area contributed by atoms with Crippen LogP contribution in [0.25, 0.3) is 0 Å². The summed E-state index contributed by atoms with van der Waals surface area (Å²) in [4.78, 5) is 11.3. The van der Waals surface area contributed by atoms with Gasteiger partial charge >= 0.3 is 0 Å². The number of carbonyl (C=O) groups excluding carboxylic acids is 1. The first-order valence-corrected chi connectivity index (χ1v) is 4.66. The van der Waals surface area contributed by atoms with Crippen LogP contribution in [0, 0.1) is 0 Å². The Morgan fingerprint density at radius 1 is 1.33 bits per heavy atom. The van der Waals surface area contributed by atoms with Crippen molar-refractivity contribution in [2.45, 2.75) is 51.7 Å². The van der Waals surface area contributed by atoms with Crippen molar-refractivity contribution in [2.24, 2.45) is 0 Å². The Bertz CT molecular complexity index is 164. The number of nitrogens with one attached hydrogen (secondary N) is 2. The largest absolute Gasteiger partial charge is 0.353 e. The van der Waals surface area contributed by atoms with Gasteiger partial charge in [0.25, 0.3) is 0 Å². The number of hydrogen-bond acceptors (Lipinski definition) is 2. The molecule has 0 heterocycles. The van der Waals surface area contributed by atoms with Gasteiger partial charge in [-0.1, -0.05) is 0 Å². The van der Waals surface area contributed by atoms with Gasteiger partial charge in [0.05, 0.1) is 6.04 Å². The second-order valence-corrected chi connectivity index (χ2v) is 3.83. The highest BCUT2D eigenvalue weighted by atomic mass is 16.2. The van der Waals surface area contributed by atoms with Crippen LogP contribution in [0.15, 0.2) is 0 Å². The molecule has 0 aromatic carbocycles. The fourth-order valence-electron chi connectivity index (χ4n) is 1.09. The van der Waals surface area contributed by atoms with E-state index in [1.54, 1.807) is 0 Å². The Kier molecular flexibility index (Phi) is 3.09. The van der Waals surface area contributed by atoms with Gasteiger partial charge in [-0.05, 0) is 33.6 Å². The van der Waals surface area contributed by atoms with Gasteiger partial charge in [0.2, 0.25) is 5.91 Å². The summed E-state index contributed by atoms with van der Waals surface area (Å²) < 4.78 is 0. The van der Waals surface area contributed by atoms with Crippen LogP contribution < -0.4 is 10.6 Å². The summed E-state index contributed by atoms with van der Waals surface area (Å²) in [6.45, 7) is 5.86. The average Bonchev–Trinajstić information content (AvgIpc) is 2.70. The van der Waals surface area contributed by atoms with E-state index < -0.39 is 0 Å². The van der Waals surface area contributed by atoms with E-state index in [-0.39, 0.29) is 18.0 Å². The molecule has 1 aliphatic rings. The van der Waals surface area contributed by atoms with E-state index in [1.165, 1.54) is 12.8 Å². The fourth-order valence-corrected chi connectivity index (χ4v) is 1.09. The van der Waals surface area contributed by atoms with Crippen molar-refractivity contribution in [3.05, 3.63) is 0 Å². The minimum Gasteiger partial charge on any atom is -0.353 e. The summed E-state index contributed by atoms with van der Waals surface area (Å²) in [6, 6.07) is 0.791. The minimum absolute atomic E-state index is 0.0418. The third-order valence-electron chi connectivity index (χ3n) is 1.89. The van der Waals surface area contributed by atoms with Crippen LogP contribution >= 0.6 is 0 Å². The SMILES string of the molecule is CC(C)NC(=O)[C@@H](C)NC1CC1. The first kappa shape index (κ1) is 9.52. The topological polar surface area (TPSA) is 41.1 Å². The van der Waals surface area contributed by atoms with Crippen molar-refractivity contribution in [1.82, 2.24) is 10.6 Å². The van der Waals surface area contributed by atoms with Gasteiger partial charge in [0.15, 0.2) is 0 Å². The number of rotatable bonds is 4. The van der Waals surface area contributed by atoms with Gasteiger partial charge in [0.1, 0.15) is 0 Å². The van der Waals surface area contributed by atoms with E-state index >= 15 is 0 Å². The van der Waals surface area contributed by atoms with Crippen molar-refractivity contribution in [2.75, 3.05) is 0 Å². The molecule has 2 N–H and O–H groups in total. The molecule has 0 spiro atoms. The summed E-state index contributed by atoms with van der Waals surface area (Å²) in [7, 11) is 0. The second kappa shape index (κ2) is 3.90. The quantitative estimate of drug-likeness (QED) is 0.650. The zero-order valence-corrected chi connectivity index (χ0v) is 8.05. The van der Waals surface area contributed by atoms with Gasteiger partial charge < -0.3 is 10.6 Å². The van der Waals surface area contributed by atoms with Crippen LogP contribution in [0.3, 0.4) is 0 Å². The predicted molar refractivity (Wildman–Crippen MR) is 48.9 cm³/mol. The monoisotopic (exact) mass is 170 g/mol. The lowest BCUT2D eigenvalue weighted by atomic mass is 10.3. The smallest absolute Gasteiger partial charge is 0.237 e. The normalized spacial score (nSPS) is 19.3. The molecule has 0 saturated heterocycles. The number of amides is 1. The Hall–Kier alpha value is -0.570. The molecule has 3 nitrogen and oxygen atoms in total. The summed E-state index contributed by atoms with van der Waals surface area (Å²) in [5.41, 5.74) is 0. The van der Waals surface area contributed by atoms with E-state index in [1.807, 2.05) is 20.8 Å². The summed E-state index contributed by atoms with van der Waals surface area (Å²) >= 11 is 0. The highest BCUT2D eigenvalue weighted by Crippen LogP contribution is 2.19. The molecular formula is C9H18N2O. The molecule has 1 atom stereocenters. The Morgan fingerprint density at radius 2 is 1.92 bits per heavy atom. The lowest BCUT2D eigenvalue weighted by molar-refractivity contribution is -0.123. The highest BCUT2D eigenvalue weighted by Gasteiger charge is 2.25. The van der Waals surface area contributed by atoms with E-state index in [4.69, 9.17) is 0 Å². The van der Waals surface area contributed by atoms with Crippen LogP contribution in [-0.2, 0) is 4.79 Å². The number of hydrogen-bond donors (Lipinski definition) is 2. The van der Waals surface area contributed by atoms with Gasteiger partial charge in [-0.25, -0.2) is 0 Å². The van der Waals surface area contributed by atoms with E-state index in [9.17, 15) is 4.79 Å². The zero-order chi connectivity index (χ0) is 9.14. The van der Waals surface area contributed by atoms with Crippen LogP contribution in [0.2, 0.25) is 0 Å². The summed E-state index contributed by atoms with van der Waals surface area (Å²) in [5, 5.41) is 6.12. The minimum atomic E-state index is -0.0418. The van der Waals surface area contributed by atoms with Crippen molar-refractivity contribution in [3.8, 4) is 0 Å². The molecule has 1 aliphatic carbocycles. The fraction of sp³-hybridized carbons (Fsp3) is 0.889. The standard InChI is InChI=1S/C9H18N2O/c1-6(2)10-9(12)7(3)11-8-4-5-8/h6-8,11H,4-5H2,1-3H3,(H,10,12)/t7-/m1/s1. The first-order chi connectivity index (χ1) is 5.59. The summed E-state index contributed by atoms with van der Waals surface area (Å²) in [6.07, 6.45) is 2.44. The van der Waals surface area contributed by atoms with Crippen LogP contribution in [0.5, 0.6) is 0 Å². The van der Waals surface area contributed by atoms with Crippen molar-refractivity contribution in [3.63, 3.8) is 0 Å². The second-order valence-electron chi connectivity index (χ2n) is 3.83. The molecule has 70 valence electrons. The van der Waals surface area contributed by atoms with Crippen molar-refractivity contribution < 1.29 is 4.79 Å². The third-order valence-corrected chi connectivity index (χ3v) is 1.89. The lowest BCUT2D eigenvalue weighted by Gasteiger charge is -2.15. The molecule has 0 radical (unpaired) electrons. The van der Waals surface area contributed by atoms with E-state index in [2.05, 4.69) is 10.6 Å². The molecule has 0 bridgehead atoms. The Morgan fingerprint density at radius 3 is 2.33 bits per heavy atom. The zero-order valence-electron chi connectivity index (χ0n) is 8.05. The van der Waals surface area contributed by atoms with Crippen molar-refractivity contribution in [1.29, 1.82) is 0 Å². The maximum Gasteiger partial charge on any atom is 0.237 e. The molecule has 0 unspecified atom stereocenters. The van der Waals surface area contributed by atoms with Gasteiger partial charge in [0, 0.05) is 12.1 Å². The number of carbonyl (C=O) groups is 1. The average molecular weight is 170 g/mol. The van der Waals surface area contributed by atoms with Crippen molar-refractivity contribution >= 4 is 5.91 Å². The van der Waals surface area contributed by atoms with Gasteiger partial charge in [-0.2, -0.15) is 0 Å². The lowest BCUT2D eigenvalue weighted by Crippen LogP contribution is -2.45. The Balaban J connectivity index is 2.19. The molecule has 1 fully saturated rings. The first-order valence-electron chi connectivity index (χ1n) is 4.66. The molecule has 0 aromatic heterocycles. The molecule has 12 heavy (non-hydrogen) atoms. The maximum atomic E-state index is 11.3. The molecule has 0 aromatic rings.